The van der Waals surface area contributed by atoms with Crippen molar-refractivity contribution in [3.8, 4) is 0 Å². The van der Waals surface area contributed by atoms with E-state index in [4.69, 9.17) is 5.73 Å². The van der Waals surface area contributed by atoms with Crippen molar-refractivity contribution in [3.63, 3.8) is 0 Å². The molecule has 0 saturated carbocycles. The van der Waals surface area contributed by atoms with E-state index in [0.29, 0.717) is 0 Å². The first kappa shape index (κ1) is 10.2. The number of aromatic nitrogens is 2. The normalized spacial score (nSPS) is 13.0. The van der Waals surface area contributed by atoms with Crippen molar-refractivity contribution in [2.75, 3.05) is 5.73 Å². The molecule has 0 saturated heterocycles. The van der Waals surface area contributed by atoms with Gasteiger partial charge in [-0.1, -0.05) is 0 Å². The van der Waals surface area contributed by atoms with Gasteiger partial charge in [0.05, 0.1) is 12.2 Å². The summed E-state index contributed by atoms with van der Waals surface area (Å²) in [6, 6.07) is 2.35. The van der Waals surface area contributed by atoms with Crippen molar-refractivity contribution in [1.82, 2.24) is 9.78 Å². The van der Waals surface area contributed by atoms with E-state index in [2.05, 4.69) is 30.4 Å². The Balaban J connectivity index is 2.41. The average Bonchev–Trinajstić information content (AvgIpc) is 2.75. The highest BCUT2D eigenvalue weighted by molar-refractivity contribution is 7.10. The Morgan fingerprint density at radius 3 is 2.60 bits per heavy atom. The predicted octanol–water partition coefficient (Wildman–Crippen LogP) is 2.75. The standard InChI is InChI=1S/C11H15N3S/c1-7-4-5-15-10(7)9(3)14-11(12)8(2)6-13-14/h4-6,9H,12H2,1-3H3. The van der Waals surface area contributed by atoms with Crippen molar-refractivity contribution in [2.45, 2.75) is 26.8 Å². The van der Waals surface area contributed by atoms with Crippen molar-refractivity contribution < 1.29 is 0 Å². The second kappa shape index (κ2) is 3.70. The van der Waals surface area contributed by atoms with Crippen LogP contribution in [0.1, 0.15) is 29.0 Å². The molecule has 0 spiro atoms. The largest absolute Gasteiger partial charge is 0.384 e. The van der Waals surface area contributed by atoms with Gasteiger partial charge in [-0.2, -0.15) is 5.10 Å². The minimum atomic E-state index is 0.221. The molecular formula is C11H15N3S. The SMILES string of the molecule is Cc1ccsc1C(C)n1ncc(C)c1N. The molecule has 0 aliphatic rings. The van der Waals surface area contributed by atoms with E-state index in [1.54, 1.807) is 11.3 Å². The van der Waals surface area contributed by atoms with Gasteiger partial charge in [-0.15, -0.1) is 11.3 Å². The molecule has 15 heavy (non-hydrogen) atoms. The molecule has 0 aliphatic heterocycles. The highest BCUT2D eigenvalue weighted by Gasteiger charge is 2.15. The Morgan fingerprint density at radius 1 is 1.40 bits per heavy atom. The number of hydrogen-bond donors (Lipinski definition) is 1. The number of thiophene rings is 1. The molecule has 3 nitrogen and oxygen atoms in total. The zero-order valence-corrected chi connectivity index (χ0v) is 10.0. The molecule has 0 aromatic carbocycles. The van der Waals surface area contributed by atoms with Crippen LogP contribution in [0, 0.1) is 13.8 Å². The minimum Gasteiger partial charge on any atom is -0.384 e. The lowest BCUT2D eigenvalue weighted by molar-refractivity contribution is 0.579. The summed E-state index contributed by atoms with van der Waals surface area (Å²) in [5.41, 5.74) is 8.31. The first-order valence-corrected chi connectivity index (χ1v) is 5.82. The zero-order valence-electron chi connectivity index (χ0n) is 9.19. The Bertz CT molecular complexity index is 470. The fourth-order valence-corrected chi connectivity index (χ4v) is 2.66. The van der Waals surface area contributed by atoms with Gasteiger partial charge in [0.2, 0.25) is 0 Å². The summed E-state index contributed by atoms with van der Waals surface area (Å²) in [6.07, 6.45) is 1.81. The average molecular weight is 221 g/mol. The van der Waals surface area contributed by atoms with Gasteiger partial charge in [0.1, 0.15) is 5.82 Å². The molecule has 0 amide bonds. The molecule has 0 radical (unpaired) electrons. The van der Waals surface area contributed by atoms with Crippen LogP contribution in [-0.2, 0) is 0 Å². The van der Waals surface area contributed by atoms with Crippen LogP contribution in [0.4, 0.5) is 5.82 Å². The lowest BCUT2D eigenvalue weighted by Crippen LogP contribution is -2.11. The summed E-state index contributed by atoms with van der Waals surface area (Å²) in [5.74, 6) is 0.760. The number of nitrogens with two attached hydrogens (primary N) is 1. The van der Waals surface area contributed by atoms with Gasteiger partial charge in [-0.05, 0) is 37.8 Å². The molecule has 4 heteroatoms. The van der Waals surface area contributed by atoms with E-state index in [1.165, 1.54) is 10.4 Å². The Morgan fingerprint density at radius 2 is 2.13 bits per heavy atom. The second-order valence-electron chi connectivity index (χ2n) is 3.80. The maximum atomic E-state index is 5.96. The molecule has 0 aliphatic carbocycles. The molecule has 1 unspecified atom stereocenters. The summed E-state index contributed by atoms with van der Waals surface area (Å²) in [5, 5.41) is 6.42. The summed E-state index contributed by atoms with van der Waals surface area (Å²) in [7, 11) is 0. The first-order valence-electron chi connectivity index (χ1n) is 4.95. The van der Waals surface area contributed by atoms with Crippen LogP contribution in [0.2, 0.25) is 0 Å². The van der Waals surface area contributed by atoms with Gasteiger partial charge < -0.3 is 5.73 Å². The number of rotatable bonds is 2. The van der Waals surface area contributed by atoms with E-state index in [1.807, 2.05) is 17.8 Å². The van der Waals surface area contributed by atoms with Crippen LogP contribution in [0.5, 0.6) is 0 Å². The maximum Gasteiger partial charge on any atom is 0.125 e. The Hall–Kier alpha value is -1.29. The molecule has 1 atom stereocenters. The number of nitrogens with zero attached hydrogens (tertiary/aromatic N) is 2. The molecule has 2 N–H and O–H groups in total. The third-order valence-corrected chi connectivity index (χ3v) is 3.86. The third kappa shape index (κ3) is 1.65. The molecule has 2 heterocycles. The van der Waals surface area contributed by atoms with Crippen molar-refractivity contribution in [1.29, 1.82) is 0 Å². The zero-order chi connectivity index (χ0) is 11.0. The molecule has 0 fully saturated rings. The molecule has 80 valence electrons. The maximum absolute atomic E-state index is 5.96. The second-order valence-corrected chi connectivity index (χ2v) is 4.75. The number of nitrogen functional groups attached to an aromatic ring is 1. The third-order valence-electron chi connectivity index (χ3n) is 2.67. The van der Waals surface area contributed by atoms with Crippen molar-refractivity contribution in [2.24, 2.45) is 0 Å². The van der Waals surface area contributed by atoms with Crippen molar-refractivity contribution in [3.05, 3.63) is 33.6 Å². The van der Waals surface area contributed by atoms with Gasteiger partial charge >= 0.3 is 0 Å². The van der Waals surface area contributed by atoms with Gasteiger partial charge in [-0.25, -0.2) is 4.68 Å². The van der Waals surface area contributed by atoms with E-state index < -0.39 is 0 Å². The van der Waals surface area contributed by atoms with E-state index >= 15 is 0 Å². The summed E-state index contributed by atoms with van der Waals surface area (Å²) >= 11 is 1.75. The molecular weight excluding hydrogens is 206 g/mol. The quantitative estimate of drug-likeness (QED) is 0.847. The Labute approximate surface area is 93.5 Å². The molecule has 2 aromatic rings. The van der Waals surface area contributed by atoms with Crippen LogP contribution < -0.4 is 5.73 Å². The van der Waals surface area contributed by atoms with E-state index in [-0.39, 0.29) is 6.04 Å². The Kier molecular flexibility index (Phi) is 2.52. The smallest absolute Gasteiger partial charge is 0.125 e. The molecule has 2 aromatic heterocycles. The number of anilines is 1. The van der Waals surface area contributed by atoms with Crippen LogP contribution in [0.3, 0.4) is 0 Å². The number of hydrogen-bond acceptors (Lipinski definition) is 3. The molecule has 2 rings (SSSR count). The van der Waals surface area contributed by atoms with Gasteiger partial charge in [0.15, 0.2) is 0 Å². The summed E-state index contributed by atoms with van der Waals surface area (Å²) in [4.78, 5) is 1.32. The minimum absolute atomic E-state index is 0.221. The highest BCUT2D eigenvalue weighted by atomic mass is 32.1. The van der Waals surface area contributed by atoms with Gasteiger partial charge in [0.25, 0.3) is 0 Å². The predicted molar refractivity (Wildman–Crippen MR) is 64.2 cm³/mol. The van der Waals surface area contributed by atoms with Crippen LogP contribution in [0.15, 0.2) is 17.6 Å². The topological polar surface area (TPSA) is 43.8 Å². The summed E-state index contributed by atoms with van der Waals surface area (Å²) < 4.78 is 1.88. The summed E-state index contributed by atoms with van der Waals surface area (Å²) in [6.45, 7) is 6.23. The fraction of sp³-hybridized carbons (Fsp3) is 0.364. The lowest BCUT2D eigenvalue weighted by atomic mass is 10.2. The van der Waals surface area contributed by atoms with Gasteiger partial charge in [-0.3, -0.25) is 0 Å². The van der Waals surface area contributed by atoms with Crippen LogP contribution in [-0.4, -0.2) is 9.78 Å². The van der Waals surface area contributed by atoms with Crippen molar-refractivity contribution >= 4 is 17.2 Å². The number of aryl methyl sites for hydroxylation is 2. The monoisotopic (exact) mass is 221 g/mol. The van der Waals surface area contributed by atoms with E-state index in [0.717, 1.165) is 11.4 Å². The molecule has 0 bridgehead atoms. The van der Waals surface area contributed by atoms with Gasteiger partial charge in [0, 0.05) is 10.4 Å². The van der Waals surface area contributed by atoms with Crippen LogP contribution >= 0.6 is 11.3 Å². The first-order chi connectivity index (χ1) is 7.11. The fourth-order valence-electron chi connectivity index (χ4n) is 1.69. The van der Waals surface area contributed by atoms with Crippen LogP contribution in [0.25, 0.3) is 0 Å². The highest BCUT2D eigenvalue weighted by Crippen LogP contribution is 2.28. The van der Waals surface area contributed by atoms with E-state index in [9.17, 15) is 0 Å². The lowest BCUT2D eigenvalue weighted by Gasteiger charge is -2.13.